The Morgan fingerprint density at radius 2 is 2.37 bits per heavy atom. The minimum Gasteiger partial charge on any atom is -0.497 e. The van der Waals surface area contributed by atoms with Crippen molar-refractivity contribution in [2.24, 2.45) is 10.1 Å². The molecule has 2 bridgehead atoms. The molecule has 2 aliphatic rings. The van der Waals surface area contributed by atoms with Crippen molar-refractivity contribution in [2.75, 3.05) is 7.11 Å². The third kappa shape index (κ3) is 2.42. The van der Waals surface area contributed by atoms with Crippen LogP contribution in [0.1, 0.15) is 12.0 Å². The maximum absolute atomic E-state index is 5.20. The van der Waals surface area contributed by atoms with Gasteiger partial charge in [0.1, 0.15) is 5.75 Å². The molecule has 0 fully saturated rings. The first-order chi connectivity index (χ1) is 9.36. The molecule has 0 aromatic heterocycles. The van der Waals surface area contributed by atoms with E-state index in [1.165, 1.54) is 5.56 Å². The largest absolute Gasteiger partial charge is 0.497 e. The van der Waals surface area contributed by atoms with Gasteiger partial charge in [0.15, 0.2) is 5.82 Å². The second-order valence-corrected chi connectivity index (χ2v) is 4.37. The maximum Gasteiger partial charge on any atom is 0.156 e. The Morgan fingerprint density at radius 3 is 3.11 bits per heavy atom. The third-order valence-corrected chi connectivity index (χ3v) is 3.08. The third-order valence-electron chi connectivity index (χ3n) is 3.08. The van der Waals surface area contributed by atoms with Crippen LogP contribution >= 0.6 is 0 Å². The van der Waals surface area contributed by atoms with Crippen molar-refractivity contribution in [3.63, 3.8) is 0 Å². The average molecular weight is 253 g/mol. The molecule has 0 saturated heterocycles. The highest BCUT2D eigenvalue weighted by Crippen LogP contribution is 2.29. The molecule has 2 heterocycles. The van der Waals surface area contributed by atoms with Crippen LogP contribution in [-0.4, -0.2) is 24.5 Å². The lowest BCUT2D eigenvalue weighted by Crippen LogP contribution is -2.25. The predicted octanol–water partition coefficient (Wildman–Crippen LogP) is 2.74. The molecule has 0 saturated carbocycles. The molecular weight excluding hydrogens is 238 g/mol. The Balaban J connectivity index is 1.52. The molecule has 0 amide bonds. The fourth-order valence-corrected chi connectivity index (χ4v) is 2.05. The van der Waals surface area contributed by atoms with Gasteiger partial charge in [-0.3, -0.25) is 0 Å². The molecule has 3 rings (SSSR count). The number of nitrogens with zero attached hydrogens (tertiary/aromatic N) is 3. The van der Waals surface area contributed by atoms with E-state index in [9.17, 15) is 0 Å². The van der Waals surface area contributed by atoms with Crippen LogP contribution in [0.4, 0.5) is 0 Å². The zero-order valence-corrected chi connectivity index (χ0v) is 10.8. The van der Waals surface area contributed by atoms with Gasteiger partial charge in [-0.1, -0.05) is 12.1 Å². The van der Waals surface area contributed by atoms with Crippen LogP contribution in [0, 0.1) is 0 Å². The molecule has 0 unspecified atom stereocenters. The summed E-state index contributed by atoms with van der Waals surface area (Å²) in [5.74, 6) is 1.81. The average Bonchev–Trinajstić information content (AvgIpc) is 2.48. The fraction of sp³-hybridized carbons (Fsp3) is 0.200. The van der Waals surface area contributed by atoms with Crippen LogP contribution in [0.2, 0.25) is 0 Å². The normalized spacial score (nSPS) is 16.2. The molecule has 19 heavy (non-hydrogen) atoms. The van der Waals surface area contributed by atoms with E-state index in [-0.39, 0.29) is 0 Å². The first-order valence-corrected chi connectivity index (χ1v) is 6.28. The lowest BCUT2D eigenvalue weighted by molar-refractivity contribution is 0.414. The minimum absolute atomic E-state index is 0.897. The van der Waals surface area contributed by atoms with Gasteiger partial charge >= 0.3 is 0 Å². The smallest absolute Gasteiger partial charge is 0.156 e. The van der Waals surface area contributed by atoms with E-state index in [2.05, 4.69) is 22.2 Å². The summed E-state index contributed by atoms with van der Waals surface area (Å²) in [5, 5.41) is 6.25. The van der Waals surface area contributed by atoms with Gasteiger partial charge in [-0.2, -0.15) is 5.10 Å². The van der Waals surface area contributed by atoms with Gasteiger partial charge in [0, 0.05) is 18.5 Å². The second kappa shape index (κ2) is 5.10. The van der Waals surface area contributed by atoms with Crippen molar-refractivity contribution in [3.05, 3.63) is 53.5 Å². The van der Waals surface area contributed by atoms with E-state index < -0.39 is 0 Å². The van der Waals surface area contributed by atoms with Gasteiger partial charge in [0.25, 0.3) is 0 Å². The monoisotopic (exact) mass is 253 g/mol. The molecule has 4 nitrogen and oxygen atoms in total. The number of fused-ring (bicyclic) bond motifs is 2. The quantitative estimate of drug-likeness (QED) is 0.757. The molecule has 1 aromatic rings. The SMILES string of the molecule is COc1cccc(CC/C=N/N2c3ccnc2c3)c1. The first-order valence-electron chi connectivity index (χ1n) is 6.28. The molecule has 0 atom stereocenters. The van der Waals surface area contributed by atoms with Crippen molar-refractivity contribution in [1.82, 2.24) is 5.01 Å². The summed E-state index contributed by atoms with van der Waals surface area (Å²) < 4.78 is 5.20. The highest BCUT2D eigenvalue weighted by Gasteiger charge is 2.23. The molecule has 2 aliphatic heterocycles. The molecule has 96 valence electrons. The number of allylic oxidation sites excluding steroid dienone is 2. The summed E-state index contributed by atoms with van der Waals surface area (Å²) in [7, 11) is 1.69. The lowest BCUT2D eigenvalue weighted by atomic mass is 10.1. The number of aryl methyl sites for hydroxylation is 1. The van der Waals surface area contributed by atoms with Crippen molar-refractivity contribution in [2.45, 2.75) is 12.8 Å². The van der Waals surface area contributed by atoms with Gasteiger partial charge in [0.05, 0.1) is 12.8 Å². The standard InChI is InChI=1S/C15H15N3O/c1-19-14-6-2-4-12(10-14)5-3-8-17-18-13-7-9-16-15(18)11-13/h2,4,6-11H,3,5H2,1H3/b17-8+. The van der Waals surface area contributed by atoms with Crippen LogP contribution in [0.3, 0.4) is 0 Å². The Morgan fingerprint density at radius 1 is 1.42 bits per heavy atom. The Kier molecular flexibility index (Phi) is 3.14. The number of aliphatic imine (C=N–C) groups is 1. The summed E-state index contributed by atoms with van der Waals surface area (Å²) in [4.78, 5) is 4.19. The van der Waals surface area contributed by atoms with Crippen LogP contribution in [0.15, 0.2) is 58.0 Å². The summed E-state index contributed by atoms with van der Waals surface area (Å²) in [5.41, 5.74) is 2.36. The van der Waals surface area contributed by atoms with E-state index in [0.717, 1.165) is 30.1 Å². The molecule has 1 aromatic carbocycles. The lowest BCUT2D eigenvalue weighted by Gasteiger charge is -2.30. The number of benzene rings is 1. The minimum atomic E-state index is 0.897. The molecule has 0 aliphatic carbocycles. The molecule has 0 N–H and O–H groups in total. The zero-order valence-electron chi connectivity index (χ0n) is 10.8. The number of rotatable bonds is 5. The van der Waals surface area contributed by atoms with Crippen molar-refractivity contribution >= 4 is 12.4 Å². The van der Waals surface area contributed by atoms with Crippen LogP contribution < -0.4 is 4.74 Å². The highest BCUT2D eigenvalue weighted by molar-refractivity contribution is 5.78. The van der Waals surface area contributed by atoms with Gasteiger partial charge in [0.2, 0.25) is 0 Å². The van der Waals surface area contributed by atoms with E-state index in [0.29, 0.717) is 0 Å². The maximum atomic E-state index is 5.20. The van der Waals surface area contributed by atoms with E-state index in [1.807, 2.05) is 35.5 Å². The van der Waals surface area contributed by atoms with E-state index in [1.54, 1.807) is 13.3 Å². The van der Waals surface area contributed by atoms with Crippen LogP contribution in [-0.2, 0) is 6.42 Å². The second-order valence-electron chi connectivity index (χ2n) is 4.37. The molecular formula is C15H15N3O. The van der Waals surface area contributed by atoms with Gasteiger partial charge in [-0.25, -0.2) is 10.0 Å². The predicted molar refractivity (Wildman–Crippen MR) is 76.3 cm³/mol. The van der Waals surface area contributed by atoms with Crippen molar-refractivity contribution in [1.29, 1.82) is 0 Å². The van der Waals surface area contributed by atoms with E-state index >= 15 is 0 Å². The summed E-state index contributed by atoms with van der Waals surface area (Å²) in [6, 6.07) is 8.12. The topological polar surface area (TPSA) is 37.2 Å². The number of hydrogen-bond acceptors (Lipinski definition) is 4. The van der Waals surface area contributed by atoms with Crippen molar-refractivity contribution < 1.29 is 4.74 Å². The molecule has 0 radical (unpaired) electrons. The Hall–Kier alpha value is -2.36. The molecule has 4 heteroatoms. The highest BCUT2D eigenvalue weighted by atomic mass is 16.5. The summed E-state index contributed by atoms with van der Waals surface area (Å²) >= 11 is 0. The number of ether oxygens (including phenoxy) is 1. The number of hydrazone groups is 1. The first kappa shape index (κ1) is 11.7. The Labute approximate surface area is 112 Å². The van der Waals surface area contributed by atoms with Gasteiger partial charge in [-0.15, -0.1) is 0 Å². The van der Waals surface area contributed by atoms with Gasteiger partial charge in [-0.05, 0) is 36.6 Å². The van der Waals surface area contributed by atoms with Crippen molar-refractivity contribution in [3.8, 4) is 5.75 Å². The van der Waals surface area contributed by atoms with E-state index in [4.69, 9.17) is 4.74 Å². The molecule has 0 spiro atoms. The number of methoxy groups -OCH3 is 1. The van der Waals surface area contributed by atoms with Crippen LogP contribution in [0.5, 0.6) is 5.75 Å². The fourth-order valence-electron chi connectivity index (χ4n) is 2.05. The summed E-state index contributed by atoms with van der Waals surface area (Å²) in [6.07, 6.45) is 9.55. The van der Waals surface area contributed by atoms with Gasteiger partial charge < -0.3 is 4.74 Å². The number of hydrogen-bond donors (Lipinski definition) is 0. The summed E-state index contributed by atoms with van der Waals surface area (Å²) in [6.45, 7) is 0. The van der Waals surface area contributed by atoms with Crippen LogP contribution in [0.25, 0.3) is 0 Å². The Bertz CT molecular complexity index is 588. The zero-order chi connectivity index (χ0) is 13.1.